The van der Waals surface area contributed by atoms with E-state index < -0.39 is 0 Å². The highest BCUT2D eigenvalue weighted by atomic mass is 16.3. The van der Waals surface area contributed by atoms with Gasteiger partial charge in [0.05, 0.1) is 6.10 Å². The van der Waals surface area contributed by atoms with E-state index in [1.54, 1.807) is 0 Å². The summed E-state index contributed by atoms with van der Waals surface area (Å²) < 4.78 is 2.07. The van der Waals surface area contributed by atoms with Gasteiger partial charge < -0.3 is 15.0 Å². The number of nitrogens with one attached hydrogen (secondary N) is 1. The van der Waals surface area contributed by atoms with Crippen molar-refractivity contribution in [3.63, 3.8) is 0 Å². The van der Waals surface area contributed by atoms with Gasteiger partial charge in [-0.2, -0.15) is 0 Å². The van der Waals surface area contributed by atoms with E-state index >= 15 is 0 Å². The summed E-state index contributed by atoms with van der Waals surface area (Å²) in [6.45, 7) is 3.47. The fraction of sp³-hybridized carbons (Fsp3) is 0.600. The lowest BCUT2D eigenvalue weighted by Gasteiger charge is -2.09. The van der Waals surface area contributed by atoms with E-state index in [4.69, 9.17) is 0 Å². The summed E-state index contributed by atoms with van der Waals surface area (Å²) in [5.74, 6) is 0. The van der Waals surface area contributed by atoms with Crippen molar-refractivity contribution in [2.24, 2.45) is 7.05 Å². The van der Waals surface area contributed by atoms with E-state index in [0.717, 1.165) is 13.0 Å². The fourth-order valence-corrected chi connectivity index (χ4v) is 1.19. The van der Waals surface area contributed by atoms with Gasteiger partial charge >= 0.3 is 0 Å². The molecule has 0 aliphatic heterocycles. The molecule has 3 heteroatoms. The van der Waals surface area contributed by atoms with Gasteiger partial charge in [-0.25, -0.2) is 0 Å². The van der Waals surface area contributed by atoms with E-state index in [0.29, 0.717) is 6.54 Å². The van der Waals surface area contributed by atoms with Gasteiger partial charge in [-0.05, 0) is 18.6 Å². The second-order valence-corrected chi connectivity index (χ2v) is 3.30. The van der Waals surface area contributed by atoms with Crippen molar-refractivity contribution in [2.45, 2.75) is 26.0 Å². The van der Waals surface area contributed by atoms with Crippen LogP contribution in [-0.2, 0) is 13.6 Å². The van der Waals surface area contributed by atoms with Crippen molar-refractivity contribution in [1.82, 2.24) is 9.88 Å². The zero-order valence-corrected chi connectivity index (χ0v) is 8.33. The van der Waals surface area contributed by atoms with Crippen LogP contribution in [0.4, 0.5) is 0 Å². The summed E-state index contributed by atoms with van der Waals surface area (Å²) in [4.78, 5) is 0. The first-order valence-electron chi connectivity index (χ1n) is 4.73. The lowest BCUT2D eigenvalue weighted by Crippen LogP contribution is -2.26. The van der Waals surface area contributed by atoms with E-state index in [9.17, 15) is 5.11 Å². The fourth-order valence-electron chi connectivity index (χ4n) is 1.19. The molecule has 0 aliphatic carbocycles. The minimum absolute atomic E-state index is 0.222. The van der Waals surface area contributed by atoms with Gasteiger partial charge in [0.1, 0.15) is 0 Å². The number of aliphatic hydroxyl groups is 1. The second-order valence-electron chi connectivity index (χ2n) is 3.30. The van der Waals surface area contributed by atoms with Crippen LogP contribution in [0.2, 0.25) is 0 Å². The number of nitrogens with zero attached hydrogens (tertiary/aromatic N) is 1. The summed E-state index contributed by atoms with van der Waals surface area (Å²) in [6.07, 6.45) is 2.60. The van der Waals surface area contributed by atoms with Gasteiger partial charge in [0.2, 0.25) is 0 Å². The summed E-state index contributed by atoms with van der Waals surface area (Å²) in [5, 5.41) is 12.5. The largest absolute Gasteiger partial charge is 0.392 e. The number of aromatic nitrogens is 1. The van der Waals surface area contributed by atoms with Gasteiger partial charge in [-0.3, -0.25) is 0 Å². The Morgan fingerprint density at radius 3 is 2.92 bits per heavy atom. The molecule has 0 fully saturated rings. The second kappa shape index (κ2) is 5.04. The molecule has 0 amide bonds. The number of hydrogen-bond acceptors (Lipinski definition) is 2. The van der Waals surface area contributed by atoms with E-state index in [-0.39, 0.29) is 6.10 Å². The molecule has 0 spiro atoms. The Morgan fingerprint density at radius 1 is 1.62 bits per heavy atom. The maximum atomic E-state index is 9.29. The van der Waals surface area contributed by atoms with Crippen LogP contribution in [0.5, 0.6) is 0 Å². The molecule has 0 saturated heterocycles. The normalized spacial score (nSPS) is 13.2. The van der Waals surface area contributed by atoms with Gasteiger partial charge in [-0.15, -0.1) is 0 Å². The highest BCUT2D eigenvalue weighted by Gasteiger charge is 2.00. The highest BCUT2D eigenvalue weighted by Crippen LogP contribution is 1.98. The zero-order valence-electron chi connectivity index (χ0n) is 8.33. The Labute approximate surface area is 79.4 Å². The predicted octanol–water partition coefficient (Wildman–Crippen LogP) is 0.886. The lowest BCUT2D eigenvalue weighted by molar-refractivity contribution is 0.167. The smallest absolute Gasteiger partial charge is 0.0662 e. The number of hydrogen-bond donors (Lipinski definition) is 2. The van der Waals surface area contributed by atoms with Gasteiger partial charge in [0, 0.05) is 32.0 Å². The van der Waals surface area contributed by atoms with E-state index in [1.165, 1.54) is 5.69 Å². The van der Waals surface area contributed by atoms with Crippen LogP contribution in [0, 0.1) is 0 Å². The first-order valence-corrected chi connectivity index (χ1v) is 4.73. The lowest BCUT2D eigenvalue weighted by atomic mass is 10.3. The van der Waals surface area contributed by atoms with Crippen LogP contribution in [0.3, 0.4) is 0 Å². The summed E-state index contributed by atoms with van der Waals surface area (Å²) in [5.41, 5.74) is 1.24. The molecule has 0 saturated carbocycles. The van der Waals surface area contributed by atoms with Crippen molar-refractivity contribution in [3.05, 3.63) is 24.0 Å². The van der Waals surface area contributed by atoms with Gasteiger partial charge in [0.25, 0.3) is 0 Å². The molecule has 3 nitrogen and oxygen atoms in total. The van der Waals surface area contributed by atoms with Crippen molar-refractivity contribution in [1.29, 1.82) is 0 Å². The quantitative estimate of drug-likeness (QED) is 0.709. The van der Waals surface area contributed by atoms with Crippen molar-refractivity contribution in [3.8, 4) is 0 Å². The average molecular weight is 182 g/mol. The van der Waals surface area contributed by atoms with E-state index in [1.807, 2.05) is 26.2 Å². The molecule has 74 valence electrons. The number of rotatable bonds is 5. The molecule has 0 aromatic carbocycles. The first kappa shape index (κ1) is 10.3. The van der Waals surface area contributed by atoms with Crippen LogP contribution >= 0.6 is 0 Å². The Bertz CT molecular complexity index is 245. The Kier molecular flexibility index (Phi) is 3.99. The van der Waals surface area contributed by atoms with Crippen molar-refractivity contribution in [2.75, 3.05) is 6.54 Å². The third-order valence-electron chi connectivity index (χ3n) is 2.21. The van der Waals surface area contributed by atoms with Gasteiger partial charge in [0.15, 0.2) is 0 Å². The minimum atomic E-state index is -0.222. The van der Waals surface area contributed by atoms with Crippen LogP contribution in [-0.4, -0.2) is 22.3 Å². The standard InChI is InChI=1S/C10H18N2O/c1-3-10(13)8-11-7-9-5-4-6-12(9)2/h4-6,10-11,13H,3,7-8H2,1-2H3. The Hall–Kier alpha value is -0.800. The summed E-state index contributed by atoms with van der Waals surface area (Å²) in [6, 6.07) is 4.10. The van der Waals surface area contributed by atoms with Crippen LogP contribution in [0.15, 0.2) is 18.3 Å². The van der Waals surface area contributed by atoms with Crippen LogP contribution in [0.1, 0.15) is 19.0 Å². The van der Waals surface area contributed by atoms with Crippen LogP contribution in [0.25, 0.3) is 0 Å². The Morgan fingerprint density at radius 2 is 2.38 bits per heavy atom. The molecular weight excluding hydrogens is 164 g/mol. The molecule has 2 N–H and O–H groups in total. The van der Waals surface area contributed by atoms with E-state index in [2.05, 4.69) is 16.0 Å². The molecule has 1 aromatic rings. The topological polar surface area (TPSA) is 37.2 Å². The molecule has 1 rings (SSSR count). The maximum absolute atomic E-state index is 9.29. The molecule has 1 unspecified atom stereocenters. The highest BCUT2D eigenvalue weighted by molar-refractivity contribution is 5.05. The first-order chi connectivity index (χ1) is 6.24. The Balaban J connectivity index is 2.24. The monoisotopic (exact) mass is 182 g/mol. The molecule has 13 heavy (non-hydrogen) atoms. The molecule has 1 heterocycles. The zero-order chi connectivity index (χ0) is 9.68. The average Bonchev–Trinajstić information content (AvgIpc) is 2.52. The van der Waals surface area contributed by atoms with Crippen LogP contribution < -0.4 is 5.32 Å². The number of aryl methyl sites for hydroxylation is 1. The molecule has 1 aromatic heterocycles. The number of aliphatic hydroxyl groups excluding tert-OH is 1. The van der Waals surface area contributed by atoms with Crippen molar-refractivity contribution >= 4 is 0 Å². The van der Waals surface area contributed by atoms with Crippen molar-refractivity contribution < 1.29 is 5.11 Å². The maximum Gasteiger partial charge on any atom is 0.0662 e. The SMILES string of the molecule is CCC(O)CNCc1cccn1C. The molecule has 0 radical (unpaired) electrons. The third kappa shape index (κ3) is 3.20. The minimum Gasteiger partial charge on any atom is -0.392 e. The molecule has 0 bridgehead atoms. The summed E-state index contributed by atoms with van der Waals surface area (Å²) >= 11 is 0. The summed E-state index contributed by atoms with van der Waals surface area (Å²) in [7, 11) is 2.02. The predicted molar refractivity (Wildman–Crippen MR) is 53.4 cm³/mol. The molecule has 0 aliphatic rings. The molecule has 1 atom stereocenters. The molecular formula is C10H18N2O. The van der Waals surface area contributed by atoms with Gasteiger partial charge in [-0.1, -0.05) is 6.92 Å². The third-order valence-corrected chi connectivity index (χ3v) is 2.21.